The lowest BCUT2D eigenvalue weighted by atomic mass is 9.94. The molecule has 0 radical (unpaired) electrons. The van der Waals surface area contributed by atoms with Crippen molar-refractivity contribution in [3.05, 3.63) is 33.9 Å². The molecule has 0 spiro atoms. The summed E-state index contributed by atoms with van der Waals surface area (Å²) in [6, 6.07) is 4.69. The van der Waals surface area contributed by atoms with Crippen molar-refractivity contribution in [2.75, 3.05) is 45.7 Å². The molecule has 0 bridgehead atoms. The fourth-order valence-electron chi connectivity index (χ4n) is 3.99. The number of unbranched alkanes of at least 4 members (excludes halogenated alkanes) is 3. The average molecular weight is 441 g/mol. The van der Waals surface area contributed by atoms with Gasteiger partial charge in [0.1, 0.15) is 17.9 Å². The summed E-state index contributed by atoms with van der Waals surface area (Å²) in [6.07, 6.45) is 0.0788. The molecule has 2 rings (SSSR count). The van der Waals surface area contributed by atoms with Crippen molar-refractivity contribution < 1.29 is 25.3 Å². The van der Waals surface area contributed by atoms with Crippen LogP contribution in [0.5, 0.6) is 0 Å². The normalized spacial score (nSPS) is 24.5. The second-order valence-corrected chi connectivity index (χ2v) is 8.48. The number of nitro groups is 1. The van der Waals surface area contributed by atoms with Crippen LogP contribution >= 0.6 is 0 Å². The Labute approximate surface area is 183 Å². The van der Waals surface area contributed by atoms with E-state index in [1.165, 1.54) is 0 Å². The van der Waals surface area contributed by atoms with E-state index >= 15 is 0 Å². The number of β-amino-alcohol motifs (C(OH)–C–C–N with tert-alkyl or cyclic N) is 1. The first-order valence-electron chi connectivity index (χ1n) is 10.8. The highest BCUT2D eigenvalue weighted by molar-refractivity contribution is 5.62. The van der Waals surface area contributed by atoms with Crippen LogP contribution in [0.4, 0.5) is 11.4 Å². The van der Waals surface area contributed by atoms with E-state index in [-0.39, 0.29) is 23.8 Å². The number of nitrogens with zero attached hydrogens (tertiary/aromatic N) is 3. The Hall–Kier alpha value is -1.82. The minimum Gasteiger partial charge on any atom is -0.395 e. The molecule has 1 heterocycles. The van der Waals surface area contributed by atoms with Gasteiger partial charge in [0.2, 0.25) is 0 Å². The van der Waals surface area contributed by atoms with E-state index in [1.54, 1.807) is 12.1 Å². The zero-order chi connectivity index (χ0) is 23.0. The summed E-state index contributed by atoms with van der Waals surface area (Å²) in [7, 11) is 3.84. The van der Waals surface area contributed by atoms with Crippen molar-refractivity contribution >= 4 is 11.4 Å². The van der Waals surface area contributed by atoms with Gasteiger partial charge in [0.05, 0.1) is 23.7 Å². The first kappa shape index (κ1) is 25.4. The number of benzene rings is 1. The molecule has 0 aromatic heterocycles. The van der Waals surface area contributed by atoms with Crippen molar-refractivity contribution in [2.45, 2.75) is 56.6 Å². The zero-order valence-corrected chi connectivity index (χ0v) is 18.4. The van der Waals surface area contributed by atoms with Gasteiger partial charge in [-0.15, -0.1) is 0 Å². The number of aliphatic hydroxyl groups is 4. The number of rotatable bonds is 12. The minimum absolute atomic E-state index is 0.0822. The third-order valence-corrected chi connectivity index (χ3v) is 5.66. The zero-order valence-electron chi connectivity index (χ0n) is 18.4. The third kappa shape index (κ3) is 7.37. The maximum Gasteiger partial charge on any atom is 0.292 e. The fraction of sp³-hybridized carbons (Fsp3) is 0.714. The molecule has 4 atom stereocenters. The molecular weight excluding hydrogens is 404 g/mol. The molecular formula is C21H36N4O6. The summed E-state index contributed by atoms with van der Waals surface area (Å²) in [4.78, 5) is 14.8. The molecule has 0 aliphatic carbocycles. The van der Waals surface area contributed by atoms with E-state index in [2.05, 4.69) is 5.32 Å². The van der Waals surface area contributed by atoms with E-state index in [1.807, 2.05) is 30.0 Å². The molecule has 0 saturated carbocycles. The van der Waals surface area contributed by atoms with Crippen LogP contribution in [-0.4, -0.2) is 99.8 Å². The van der Waals surface area contributed by atoms with Crippen LogP contribution in [-0.2, 0) is 6.54 Å². The van der Waals surface area contributed by atoms with Gasteiger partial charge >= 0.3 is 0 Å². The standard InChI is InChI=1S/C21H36N4O6/c1-23(2)12-15-7-8-16(17(11-15)25(30)31)22-9-5-3-4-6-10-24-13-19(27)21(29)20(28)18(24)14-26/h7-8,11,18-22,26-29H,3-6,9-10,12-14H2,1-2H3/t18-,19+,20-,21-/m1/s1. The largest absolute Gasteiger partial charge is 0.395 e. The van der Waals surface area contributed by atoms with Gasteiger partial charge in [-0.3, -0.25) is 15.0 Å². The topological polar surface area (TPSA) is 143 Å². The van der Waals surface area contributed by atoms with Gasteiger partial charge in [-0.05, 0) is 45.1 Å². The number of aliphatic hydroxyl groups excluding tert-OH is 4. The maximum atomic E-state index is 11.4. The van der Waals surface area contributed by atoms with E-state index in [0.717, 1.165) is 31.2 Å². The van der Waals surface area contributed by atoms with Crippen molar-refractivity contribution in [1.29, 1.82) is 0 Å². The summed E-state index contributed by atoms with van der Waals surface area (Å²) in [6.45, 7) is 1.82. The summed E-state index contributed by atoms with van der Waals surface area (Å²) < 4.78 is 0. The van der Waals surface area contributed by atoms with Crippen LogP contribution in [0.1, 0.15) is 31.2 Å². The maximum absolute atomic E-state index is 11.4. The summed E-state index contributed by atoms with van der Waals surface area (Å²) >= 11 is 0. The predicted octanol–water partition coefficient (Wildman–Crippen LogP) is 0.388. The highest BCUT2D eigenvalue weighted by Gasteiger charge is 2.40. The molecule has 1 aromatic rings. The molecule has 176 valence electrons. The van der Waals surface area contributed by atoms with Gasteiger partial charge in [-0.1, -0.05) is 18.9 Å². The summed E-state index contributed by atoms with van der Waals surface area (Å²) in [5, 5.41) is 53.6. The van der Waals surface area contributed by atoms with Crippen LogP contribution in [0.2, 0.25) is 0 Å². The Morgan fingerprint density at radius 3 is 2.52 bits per heavy atom. The van der Waals surface area contributed by atoms with Crippen molar-refractivity contribution in [1.82, 2.24) is 9.80 Å². The van der Waals surface area contributed by atoms with E-state index in [4.69, 9.17) is 0 Å². The molecule has 0 unspecified atom stereocenters. The Bertz CT molecular complexity index is 704. The van der Waals surface area contributed by atoms with Crippen molar-refractivity contribution in [3.8, 4) is 0 Å². The molecule has 1 fully saturated rings. The molecule has 10 heteroatoms. The number of piperidine rings is 1. The van der Waals surface area contributed by atoms with Gasteiger partial charge in [-0.2, -0.15) is 0 Å². The lowest BCUT2D eigenvalue weighted by molar-refractivity contribution is -0.384. The second kappa shape index (κ2) is 12.3. The predicted molar refractivity (Wildman–Crippen MR) is 118 cm³/mol. The molecule has 31 heavy (non-hydrogen) atoms. The second-order valence-electron chi connectivity index (χ2n) is 8.48. The van der Waals surface area contributed by atoms with Crippen molar-refractivity contribution in [2.24, 2.45) is 0 Å². The highest BCUT2D eigenvalue weighted by atomic mass is 16.6. The van der Waals surface area contributed by atoms with Gasteiger partial charge < -0.3 is 30.6 Å². The van der Waals surface area contributed by atoms with Gasteiger partial charge in [0.15, 0.2) is 0 Å². The number of hydrogen-bond donors (Lipinski definition) is 5. The first-order valence-corrected chi connectivity index (χ1v) is 10.8. The van der Waals surface area contributed by atoms with Crippen LogP contribution in [0.25, 0.3) is 0 Å². The number of anilines is 1. The molecule has 1 aromatic carbocycles. The average Bonchev–Trinajstić information content (AvgIpc) is 2.71. The van der Waals surface area contributed by atoms with E-state index in [0.29, 0.717) is 25.3 Å². The third-order valence-electron chi connectivity index (χ3n) is 5.66. The van der Waals surface area contributed by atoms with Crippen molar-refractivity contribution in [3.63, 3.8) is 0 Å². The lowest BCUT2D eigenvalue weighted by Gasteiger charge is -2.43. The minimum atomic E-state index is -1.24. The number of nitrogens with one attached hydrogen (secondary N) is 1. The van der Waals surface area contributed by atoms with Gasteiger partial charge in [0, 0.05) is 25.7 Å². The Morgan fingerprint density at radius 1 is 1.16 bits per heavy atom. The van der Waals surface area contributed by atoms with E-state index in [9.17, 15) is 30.5 Å². The first-order chi connectivity index (χ1) is 14.7. The van der Waals surface area contributed by atoms with Crippen LogP contribution in [0.15, 0.2) is 18.2 Å². The highest BCUT2D eigenvalue weighted by Crippen LogP contribution is 2.26. The summed E-state index contributed by atoms with van der Waals surface area (Å²) in [5.74, 6) is 0. The van der Waals surface area contributed by atoms with Gasteiger partial charge in [-0.25, -0.2) is 0 Å². The molecule has 5 N–H and O–H groups in total. The Morgan fingerprint density at radius 2 is 1.87 bits per heavy atom. The van der Waals surface area contributed by atoms with E-state index < -0.39 is 24.4 Å². The Kier molecular flexibility index (Phi) is 10.1. The quantitative estimate of drug-likeness (QED) is 0.177. The monoisotopic (exact) mass is 440 g/mol. The van der Waals surface area contributed by atoms with Crippen LogP contribution in [0.3, 0.4) is 0 Å². The lowest BCUT2D eigenvalue weighted by Crippen LogP contribution is -2.62. The van der Waals surface area contributed by atoms with Crippen LogP contribution in [0, 0.1) is 10.1 Å². The number of nitro benzene ring substituents is 1. The van der Waals surface area contributed by atoms with Gasteiger partial charge in [0.25, 0.3) is 5.69 Å². The molecule has 0 amide bonds. The Balaban J connectivity index is 1.72. The number of hydrogen-bond acceptors (Lipinski definition) is 9. The van der Waals surface area contributed by atoms with Crippen LogP contribution < -0.4 is 5.32 Å². The fourth-order valence-corrected chi connectivity index (χ4v) is 3.99. The molecule has 1 aliphatic rings. The summed E-state index contributed by atoms with van der Waals surface area (Å²) in [5.41, 5.74) is 1.50. The molecule has 10 nitrogen and oxygen atoms in total. The molecule has 1 aliphatic heterocycles. The smallest absolute Gasteiger partial charge is 0.292 e. The number of likely N-dealkylation sites (tertiary alicyclic amines) is 1. The SMILES string of the molecule is CN(C)Cc1ccc(NCCCCCCN2C[C@H](O)[C@@H](O)[C@H](O)[C@H]2CO)c([N+](=O)[O-])c1. The molecule has 1 saturated heterocycles.